The minimum Gasteiger partial charge on any atom is -0.491 e. The maximum absolute atomic E-state index is 5.72. The van der Waals surface area contributed by atoms with Crippen molar-refractivity contribution in [1.29, 1.82) is 0 Å². The second-order valence-corrected chi connectivity index (χ2v) is 7.01. The lowest BCUT2D eigenvalue weighted by molar-refractivity contribution is 0.242. The lowest BCUT2D eigenvalue weighted by Crippen LogP contribution is -2.19. The van der Waals surface area contributed by atoms with Gasteiger partial charge in [0.15, 0.2) is 0 Å². The van der Waals surface area contributed by atoms with Gasteiger partial charge in [-0.25, -0.2) is 0 Å². The highest BCUT2D eigenvalue weighted by Gasteiger charge is 2.23. The summed E-state index contributed by atoms with van der Waals surface area (Å²) in [5, 5.41) is 0. The van der Waals surface area contributed by atoms with E-state index in [0.717, 1.165) is 11.5 Å². The van der Waals surface area contributed by atoms with Crippen LogP contribution in [0.2, 0.25) is 0 Å². The standard InChI is InChI=1S/C21H28O2.C2H6/c1-15(2)22-19-11-7-17(8-12-19)21(5,6)18-9-13-20(14-10-18)23-16(3)4;1-2/h7-16H,1-6H3;1-2H3. The summed E-state index contributed by atoms with van der Waals surface area (Å²) < 4.78 is 11.4. The Bertz CT molecular complexity index is 552. The summed E-state index contributed by atoms with van der Waals surface area (Å²) in [6, 6.07) is 16.8. The third kappa shape index (κ3) is 6.12. The third-order valence-corrected chi connectivity index (χ3v) is 3.90. The molecule has 0 amide bonds. The van der Waals surface area contributed by atoms with E-state index in [2.05, 4.69) is 38.1 Å². The number of benzene rings is 2. The van der Waals surface area contributed by atoms with Crippen LogP contribution in [0.1, 0.15) is 66.5 Å². The maximum atomic E-state index is 5.72. The molecule has 2 rings (SSSR count). The van der Waals surface area contributed by atoms with Gasteiger partial charge < -0.3 is 9.47 Å². The molecule has 0 saturated heterocycles. The van der Waals surface area contributed by atoms with Gasteiger partial charge in [0.05, 0.1) is 12.2 Å². The average molecular weight is 343 g/mol. The Balaban J connectivity index is 0.00000151. The van der Waals surface area contributed by atoms with Crippen LogP contribution >= 0.6 is 0 Å². The predicted molar refractivity (Wildman–Crippen MR) is 108 cm³/mol. The Morgan fingerprint density at radius 1 is 0.600 bits per heavy atom. The lowest BCUT2D eigenvalue weighted by atomic mass is 9.78. The first kappa shape index (κ1) is 21.1. The van der Waals surface area contributed by atoms with Crippen LogP contribution in [-0.4, -0.2) is 12.2 Å². The van der Waals surface area contributed by atoms with E-state index in [4.69, 9.17) is 9.47 Å². The molecule has 0 aromatic heterocycles. The van der Waals surface area contributed by atoms with Gasteiger partial charge in [-0.2, -0.15) is 0 Å². The average Bonchev–Trinajstić information content (AvgIpc) is 2.56. The molecule has 2 nitrogen and oxygen atoms in total. The molecule has 0 bridgehead atoms. The van der Waals surface area contributed by atoms with Crippen molar-refractivity contribution in [3.05, 3.63) is 59.7 Å². The highest BCUT2D eigenvalue weighted by molar-refractivity contribution is 5.41. The normalized spacial score (nSPS) is 11.1. The molecule has 0 unspecified atom stereocenters. The van der Waals surface area contributed by atoms with Crippen molar-refractivity contribution in [2.75, 3.05) is 0 Å². The zero-order chi connectivity index (χ0) is 19.0. The van der Waals surface area contributed by atoms with Gasteiger partial charge in [-0.3, -0.25) is 0 Å². The summed E-state index contributed by atoms with van der Waals surface area (Å²) >= 11 is 0. The summed E-state index contributed by atoms with van der Waals surface area (Å²) in [5.41, 5.74) is 2.48. The molecule has 0 aliphatic rings. The van der Waals surface area contributed by atoms with Gasteiger partial charge in [-0.15, -0.1) is 0 Å². The van der Waals surface area contributed by atoms with Crippen LogP contribution in [0.25, 0.3) is 0 Å². The monoisotopic (exact) mass is 342 g/mol. The van der Waals surface area contributed by atoms with Crippen LogP contribution in [0.5, 0.6) is 11.5 Å². The summed E-state index contributed by atoms with van der Waals surface area (Å²) in [6.45, 7) is 16.6. The second kappa shape index (κ2) is 9.50. The fourth-order valence-electron chi connectivity index (χ4n) is 2.61. The Morgan fingerprint density at radius 2 is 0.880 bits per heavy atom. The van der Waals surface area contributed by atoms with Crippen molar-refractivity contribution in [3.63, 3.8) is 0 Å². The third-order valence-electron chi connectivity index (χ3n) is 3.90. The van der Waals surface area contributed by atoms with E-state index in [0.29, 0.717) is 0 Å². The first-order valence-electron chi connectivity index (χ1n) is 9.33. The SMILES string of the molecule is CC.CC(C)Oc1ccc(C(C)(C)c2ccc(OC(C)C)cc2)cc1. The van der Waals surface area contributed by atoms with Crippen molar-refractivity contribution in [1.82, 2.24) is 0 Å². The van der Waals surface area contributed by atoms with E-state index in [-0.39, 0.29) is 17.6 Å². The van der Waals surface area contributed by atoms with E-state index in [1.54, 1.807) is 0 Å². The van der Waals surface area contributed by atoms with E-state index < -0.39 is 0 Å². The van der Waals surface area contributed by atoms with Gasteiger partial charge in [0.2, 0.25) is 0 Å². The molecule has 0 atom stereocenters. The van der Waals surface area contributed by atoms with Gasteiger partial charge in [-0.05, 0) is 63.1 Å². The molecule has 0 radical (unpaired) electrons. The number of hydrogen-bond acceptors (Lipinski definition) is 2. The van der Waals surface area contributed by atoms with Crippen LogP contribution in [0.15, 0.2) is 48.5 Å². The van der Waals surface area contributed by atoms with Gasteiger partial charge in [-0.1, -0.05) is 52.0 Å². The first-order valence-corrected chi connectivity index (χ1v) is 9.33. The van der Waals surface area contributed by atoms with Crippen molar-refractivity contribution < 1.29 is 9.47 Å². The summed E-state index contributed by atoms with van der Waals surface area (Å²) in [6.07, 6.45) is 0.393. The molecule has 138 valence electrons. The van der Waals surface area contributed by atoms with Gasteiger partial charge in [0.1, 0.15) is 11.5 Å². The topological polar surface area (TPSA) is 18.5 Å². The van der Waals surface area contributed by atoms with Crippen LogP contribution in [0.3, 0.4) is 0 Å². The van der Waals surface area contributed by atoms with E-state index in [9.17, 15) is 0 Å². The summed E-state index contributed by atoms with van der Waals surface area (Å²) in [5.74, 6) is 1.83. The molecular weight excluding hydrogens is 308 g/mol. The molecule has 2 aromatic rings. The van der Waals surface area contributed by atoms with Crippen LogP contribution in [0, 0.1) is 0 Å². The van der Waals surface area contributed by atoms with Crippen molar-refractivity contribution in [3.8, 4) is 11.5 Å². The number of hydrogen-bond donors (Lipinski definition) is 0. The predicted octanol–water partition coefficient (Wildman–Crippen LogP) is 6.61. The van der Waals surface area contributed by atoms with Crippen LogP contribution in [-0.2, 0) is 5.41 Å². The molecule has 0 N–H and O–H groups in total. The van der Waals surface area contributed by atoms with Crippen molar-refractivity contribution in [2.45, 2.75) is 73.0 Å². The zero-order valence-corrected chi connectivity index (χ0v) is 17.1. The maximum Gasteiger partial charge on any atom is 0.119 e. The summed E-state index contributed by atoms with van der Waals surface area (Å²) in [7, 11) is 0. The lowest BCUT2D eigenvalue weighted by Gasteiger charge is -2.26. The molecule has 0 aliphatic carbocycles. The highest BCUT2D eigenvalue weighted by atomic mass is 16.5. The molecular formula is C23H34O2. The van der Waals surface area contributed by atoms with Crippen molar-refractivity contribution >= 4 is 0 Å². The smallest absolute Gasteiger partial charge is 0.119 e. The van der Waals surface area contributed by atoms with Crippen molar-refractivity contribution in [2.24, 2.45) is 0 Å². The minimum atomic E-state index is -0.0628. The molecule has 0 aliphatic heterocycles. The van der Waals surface area contributed by atoms with E-state index >= 15 is 0 Å². The Hall–Kier alpha value is -1.96. The number of ether oxygens (including phenoxy) is 2. The molecule has 0 heterocycles. The van der Waals surface area contributed by atoms with E-state index in [1.165, 1.54) is 11.1 Å². The molecule has 25 heavy (non-hydrogen) atoms. The van der Waals surface area contributed by atoms with Crippen LogP contribution < -0.4 is 9.47 Å². The molecule has 0 saturated carbocycles. The molecule has 2 aromatic carbocycles. The second-order valence-electron chi connectivity index (χ2n) is 7.01. The van der Waals surface area contributed by atoms with Gasteiger partial charge in [0.25, 0.3) is 0 Å². The van der Waals surface area contributed by atoms with Gasteiger partial charge in [0, 0.05) is 5.41 Å². The highest BCUT2D eigenvalue weighted by Crippen LogP contribution is 2.33. The zero-order valence-electron chi connectivity index (χ0n) is 17.1. The fourth-order valence-corrected chi connectivity index (χ4v) is 2.61. The Kier molecular flexibility index (Phi) is 8.02. The molecule has 0 spiro atoms. The van der Waals surface area contributed by atoms with Gasteiger partial charge >= 0.3 is 0 Å². The Labute approximate surface area is 154 Å². The minimum absolute atomic E-state index is 0.0628. The molecule has 0 fully saturated rings. The van der Waals surface area contributed by atoms with Crippen LogP contribution in [0.4, 0.5) is 0 Å². The largest absolute Gasteiger partial charge is 0.491 e. The quantitative estimate of drug-likeness (QED) is 0.588. The molecule has 2 heteroatoms. The van der Waals surface area contributed by atoms with E-state index in [1.807, 2.05) is 65.8 Å². The fraction of sp³-hybridized carbons (Fsp3) is 0.478. The first-order chi connectivity index (χ1) is 11.8. The Morgan fingerprint density at radius 3 is 1.12 bits per heavy atom. The number of rotatable bonds is 6. The summed E-state index contributed by atoms with van der Waals surface area (Å²) in [4.78, 5) is 0.